The zero-order valence-electron chi connectivity index (χ0n) is 18.1. The van der Waals surface area contributed by atoms with E-state index >= 15 is 0 Å². The van der Waals surface area contributed by atoms with Crippen molar-refractivity contribution in [1.82, 2.24) is 15.0 Å². The Morgan fingerprint density at radius 3 is 1.18 bits per heavy atom. The van der Waals surface area contributed by atoms with Crippen molar-refractivity contribution in [2.24, 2.45) is 0 Å². The molecule has 0 saturated carbocycles. The summed E-state index contributed by atoms with van der Waals surface area (Å²) in [6.07, 6.45) is 30.6. The van der Waals surface area contributed by atoms with Gasteiger partial charge in [-0.1, -0.05) is 72.9 Å². The Hall–Kier alpha value is -4.11. The van der Waals surface area contributed by atoms with Crippen LogP contribution in [0.1, 0.15) is 45.8 Å². The summed E-state index contributed by atoms with van der Waals surface area (Å²) in [6, 6.07) is 8.83. The molecular formula is C30H23N3. The van der Waals surface area contributed by atoms with Gasteiger partial charge in [0.05, 0.1) is 11.4 Å². The fraction of sp³-hybridized carbons (Fsp3) is 0.100. The van der Waals surface area contributed by atoms with Gasteiger partial charge in [-0.3, -0.25) is 0 Å². The first-order valence-electron chi connectivity index (χ1n) is 11.5. The summed E-state index contributed by atoms with van der Waals surface area (Å²) < 4.78 is 0. The summed E-state index contributed by atoms with van der Waals surface area (Å²) in [5.74, 6) is 0.648. The molecule has 0 amide bonds. The van der Waals surface area contributed by atoms with Crippen molar-refractivity contribution in [2.75, 3.05) is 0 Å². The predicted molar refractivity (Wildman–Crippen MR) is 138 cm³/mol. The molecule has 3 heteroatoms. The minimum atomic E-state index is 0.208. The molecule has 0 spiro atoms. The number of hydrogen-bond donors (Lipinski definition) is 2. The molecule has 158 valence electrons. The molecule has 3 aromatic rings. The van der Waals surface area contributed by atoms with E-state index in [-0.39, 0.29) is 17.8 Å². The number of allylic oxidation sites excluding steroid dienone is 12. The number of nitrogens with zero attached hydrogens (tertiary/aromatic N) is 1. The van der Waals surface area contributed by atoms with E-state index in [2.05, 4.69) is 119 Å². The van der Waals surface area contributed by atoms with Gasteiger partial charge in [-0.2, -0.15) is 0 Å². The lowest BCUT2D eigenvalue weighted by Gasteiger charge is -2.10. The molecule has 3 nitrogen and oxygen atoms in total. The van der Waals surface area contributed by atoms with Crippen LogP contribution in [-0.2, 0) is 0 Å². The van der Waals surface area contributed by atoms with Gasteiger partial charge >= 0.3 is 0 Å². The molecule has 33 heavy (non-hydrogen) atoms. The third kappa shape index (κ3) is 2.93. The van der Waals surface area contributed by atoms with Gasteiger partial charge in [-0.05, 0) is 36.4 Å². The molecule has 0 atom stereocenters. The highest BCUT2D eigenvalue weighted by Crippen LogP contribution is 2.37. The van der Waals surface area contributed by atoms with Crippen LogP contribution in [0.15, 0.2) is 97.2 Å². The molecule has 0 radical (unpaired) electrons. The fourth-order valence-electron chi connectivity index (χ4n) is 5.43. The fourth-order valence-corrected chi connectivity index (χ4v) is 5.43. The van der Waals surface area contributed by atoms with E-state index in [1.165, 1.54) is 16.7 Å². The van der Waals surface area contributed by atoms with Crippen LogP contribution in [0, 0.1) is 0 Å². The predicted octanol–water partition coefficient (Wildman–Crippen LogP) is 7.28. The molecule has 3 aromatic heterocycles. The van der Waals surface area contributed by atoms with Gasteiger partial charge in [-0.15, -0.1) is 0 Å². The van der Waals surface area contributed by atoms with Crippen molar-refractivity contribution in [3.63, 3.8) is 0 Å². The summed E-state index contributed by atoms with van der Waals surface area (Å²) in [5, 5.41) is 0. The monoisotopic (exact) mass is 425 g/mol. The van der Waals surface area contributed by atoms with Crippen LogP contribution >= 0.6 is 0 Å². The van der Waals surface area contributed by atoms with E-state index < -0.39 is 0 Å². The van der Waals surface area contributed by atoms with Crippen molar-refractivity contribution in [3.05, 3.63) is 125 Å². The molecule has 0 saturated heterocycles. The second-order valence-corrected chi connectivity index (χ2v) is 8.91. The van der Waals surface area contributed by atoms with Crippen molar-refractivity contribution >= 4 is 34.2 Å². The van der Waals surface area contributed by atoms with Crippen LogP contribution in [0.5, 0.6) is 0 Å². The smallest absolute Gasteiger partial charge is 0.0699 e. The zero-order chi connectivity index (χ0) is 21.8. The van der Waals surface area contributed by atoms with Crippen molar-refractivity contribution < 1.29 is 0 Å². The first kappa shape index (κ1) is 18.5. The molecule has 4 aliphatic rings. The molecule has 4 heterocycles. The van der Waals surface area contributed by atoms with Crippen LogP contribution in [0.2, 0.25) is 0 Å². The summed E-state index contributed by atoms with van der Waals surface area (Å²) in [7, 11) is 0. The van der Waals surface area contributed by atoms with Gasteiger partial charge in [0.2, 0.25) is 0 Å². The molecule has 1 aliphatic heterocycles. The lowest BCUT2D eigenvalue weighted by molar-refractivity contribution is 1.06. The molecule has 0 unspecified atom stereocenters. The van der Waals surface area contributed by atoms with Crippen LogP contribution < -0.4 is 0 Å². The van der Waals surface area contributed by atoms with E-state index in [1.54, 1.807) is 0 Å². The van der Waals surface area contributed by atoms with Crippen molar-refractivity contribution in [1.29, 1.82) is 0 Å². The average Bonchev–Trinajstić information content (AvgIpc) is 3.64. The Bertz CT molecular complexity index is 1440. The zero-order valence-corrected chi connectivity index (χ0v) is 18.1. The van der Waals surface area contributed by atoms with Crippen molar-refractivity contribution in [3.8, 4) is 0 Å². The normalized spacial score (nSPS) is 18.3. The quantitative estimate of drug-likeness (QED) is 0.356. The summed E-state index contributed by atoms with van der Waals surface area (Å²) >= 11 is 0. The largest absolute Gasteiger partial charge is 0.355 e. The highest BCUT2D eigenvalue weighted by molar-refractivity contribution is 5.85. The summed E-state index contributed by atoms with van der Waals surface area (Å²) in [5.41, 5.74) is 10.3. The second-order valence-electron chi connectivity index (χ2n) is 8.91. The number of aromatic amines is 2. The van der Waals surface area contributed by atoms with Crippen LogP contribution in [-0.4, -0.2) is 15.0 Å². The van der Waals surface area contributed by atoms with Crippen LogP contribution in [0.4, 0.5) is 0 Å². The number of H-pyrrole nitrogens is 2. The number of hydrogen-bond acceptors (Lipinski definition) is 1. The van der Waals surface area contributed by atoms with Gasteiger partial charge < -0.3 is 9.97 Å². The minimum absolute atomic E-state index is 0.208. The maximum Gasteiger partial charge on any atom is 0.0699 e. The van der Waals surface area contributed by atoms with Gasteiger partial charge in [0.1, 0.15) is 0 Å². The standard InChI is InChI=1S/C30H23N3/c1-2-8-19(7-1)28-22-13-15-24(31-22)29(20-9-3-4-10-20)26-17-18-27(33-26)30(21-11-5-6-12-21)25-16-14-23(28)32-25/h1-21,31-32H. The van der Waals surface area contributed by atoms with E-state index in [1.807, 2.05) is 0 Å². The maximum absolute atomic E-state index is 5.18. The van der Waals surface area contributed by atoms with E-state index in [9.17, 15) is 0 Å². The van der Waals surface area contributed by atoms with E-state index in [0.29, 0.717) is 0 Å². The number of rotatable bonds is 3. The number of aromatic nitrogens is 3. The number of fused-ring (bicyclic) bond motifs is 6. The molecule has 6 bridgehead atoms. The molecule has 0 aromatic carbocycles. The Balaban J connectivity index is 1.64. The highest BCUT2D eigenvalue weighted by atomic mass is 14.8. The average molecular weight is 426 g/mol. The van der Waals surface area contributed by atoms with E-state index in [0.717, 1.165) is 33.5 Å². The second kappa shape index (κ2) is 7.21. The first-order valence-corrected chi connectivity index (χ1v) is 11.5. The van der Waals surface area contributed by atoms with Gasteiger partial charge in [0.15, 0.2) is 0 Å². The Labute approximate surface area is 192 Å². The molecule has 3 aliphatic carbocycles. The summed E-state index contributed by atoms with van der Waals surface area (Å²) in [6.45, 7) is 0. The minimum Gasteiger partial charge on any atom is -0.355 e. The molecule has 2 N–H and O–H groups in total. The van der Waals surface area contributed by atoms with Crippen LogP contribution in [0.3, 0.4) is 0 Å². The van der Waals surface area contributed by atoms with Crippen molar-refractivity contribution in [2.45, 2.75) is 17.8 Å². The SMILES string of the molecule is C1=CC(c2c3nc(c(C4C=CC=C4)c4ccc([nH]4)c(C4C=CC=C4)c4ccc2[nH]4)C=C3)C=C1. The topological polar surface area (TPSA) is 44.5 Å². The Kier molecular flexibility index (Phi) is 4.03. The highest BCUT2D eigenvalue weighted by Gasteiger charge is 2.22. The third-order valence-electron chi connectivity index (χ3n) is 6.97. The molecule has 7 rings (SSSR count). The van der Waals surface area contributed by atoms with E-state index in [4.69, 9.17) is 4.98 Å². The van der Waals surface area contributed by atoms with Gasteiger partial charge in [0.25, 0.3) is 0 Å². The number of nitrogens with one attached hydrogen (secondary N) is 2. The lowest BCUT2D eigenvalue weighted by atomic mass is 9.98. The Morgan fingerprint density at radius 2 is 0.788 bits per heavy atom. The maximum atomic E-state index is 5.18. The molecule has 0 fully saturated rings. The Morgan fingerprint density at radius 1 is 0.455 bits per heavy atom. The van der Waals surface area contributed by atoms with Crippen LogP contribution in [0.25, 0.3) is 34.2 Å². The lowest BCUT2D eigenvalue weighted by Crippen LogP contribution is -1.98. The summed E-state index contributed by atoms with van der Waals surface area (Å²) in [4.78, 5) is 12.7. The third-order valence-corrected chi connectivity index (χ3v) is 6.97. The molecular weight excluding hydrogens is 402 g/mol. The van der Waals surface area contributed by atoms with Gasteiger partial charge in [-0.25, -0.2) is 4.98 Å². The first-order chi connectivity index (χ1) is 16.3. The van der Waals surface area contributed by atoms with Gasteiger partial charge in [0, 0.05) is 56.5 Å².